The summed E-state index contributed by atoms with van der Waals surface area (Å²) < 4.78 is 26.4. The fraction of sp³-hybridized carbons (Fsp3) is 0.231. The van der Waals surface area contributed by atoms with Gasteiger partial charge in [-0.05, 0) is 6.07 Å². The standard InChI is InChI=1S/C13H15F2N/c1-3-8-16(9-4-2)10-11-6-5-7-12(14)13(11)15/h3-7H,1-2,8-10H2. The first-order chi connectivity index (χ1) is 7.69. The molecule has 1 aromatic rings. The second-order valence-electron chi connectivity index (χ2n) is 3.48. The van der Waals surface area contributed by atoms with E-state index in [1.165, 1.54) is 6.07 Å². The minimum Gasteiger partial charge on any atom is -0.292 e. The molecule has 0 aromatic heterocycles. The average molecular weight is 223 g/mol. The molecule has 0 amide bonds. The molecule has 1 rings (SSSR count). The molecule has 0 heterocycles. The summed E-state index contributed by atoms with van der Waals surface area (Å²) in [7, 11) is 0. The number of hydrogen-bond donors (Lipinski definition) is 0. The summed E-state index contributed by atoms with van der Waals surface area (Å²) in [4.78, 5) is 1.91. The van der Waals surface area contributed by atoms with Crippen molar-refractivity contribution in [1.29, 1.82) is 0 Å². The first-order valence-corrected chi connectivity index (χ1v) is 5.06. The lowest BCUT2D eigenvalue weighted by Gasteiger charge is -2.19. The molecule has 0 saturated carbocycles. The summed E-state index contributed by atoms with van der Waals surface area (Å²) >= 11 is 0. The van der Waals surface area contributed by atoms with Gasteiger partial charge < -0.3 is 0 Å². The fourth-order valence-electron chi connectivity index (χ4n) is 1.48. The van der Waals surface area contributed by atoms with Crippen molar-refractivity contribution in [3.8, 4) is 0 Å². The Balaban J connectivity index is 2.79. The SMILES string of the molecule is C=CCN(CC=C)Cc1cccc(F)c1F. The van der Waals surface area contributed by atoms with E-state index in [9.17, 15) is 8.78 Å². The van der Waals surface area contributed by atoms with E-state index in [4.69, 9.17) is 0 Å². The van der Waals surface area contributed by atoms with E-state index in [1.54, 1.807) is 18.2 Å². The molecule has 0 aliphatic rings. The minimum absolute atomic E-state index is 0.349. The van der Waals surface area contributed by atoms with Crippen LogP contribution in [0.4, 0.5) is 8.78 Å². The number of benzene rings is 1. The molecule has 0 saturated heterocycles. The Morgan fingerprint density at radius 3 is 2.31 bits per heavy atom. The van der Waals surface area contributed by atoms with Crippen molar-refractivity contribution in [2.45, 2.75) is 6.54 Å². The maximum absolute atomic E-state index is 13.4. The predicted molar refractivity (Wildman–Crippen MR) is 62.0 cm³/mol. The first-order valence-electron chi connectivity index (χ1n) is 5.06. The zero-order valence-corrected chi connectivity index (χ0v) is 9.13. The summed E-state index contributed by atoms with van der Waals surface area (Å²) in [5, 5.41) is 0. The Hall–Kier alpha value is -1.48. The highest BCUT2D eigenvalue weighted by Gasteiger charge is 2.10. The fourth-order valence-corrected chi connectivity index (χ4v) is 1.48. The third kappa shape index (κ3) is 3.28. The Morgan fingerprint density at radius 1 is 1.12 bits per heavy atom. The summed E-state index contributed by atoms with van der Waals surface area (Å²) in [6.07, 6.45) is 3.45. The van der Waals surface area contributed by atoms with Crippen LogP contribution in [0.3, 0.4) is 0 Å². The van der Waals surface area contributed by atoms with Crippen molar-refractivity contribution in [2.75, 3.05) is 13.1 Å². The van der Waals surface area contributed by atoms with Crippen LogP contribution in [0.1, 0.15) is 5.56 Å². The lowest BCUT2D eigenvalue weighted by atomic mass is 10.2. The molecule has 0 aliphatic carbocycles. The summed E-state index contributed by atoms with van der Waals surface area (Å²) in [6.45, 7) is 8.82. The van der Waals surface area contributed by atoms with E-state index in [2.05, 4.69) is 13.2 Å². The lowest BCUT2D eigenvalue weighted by Crippen LogP contribution is -2.24. The zero-order valence-electron chi connectivity index (χ0n) is 9.13. The van der Waals surface area contributed by atoms with Gasteiger partial charge in [0, 0.05) is 25.2 Å². The topological polar surface area (TPSA) is 3.24 Å². The first kappa shape index (κ1) is 12.6. The van der Waals surface area contributed by atoms with Gasteiger partial charge in [0.2, 0.25) is 0 Å². The van der Waals surface area contributed by atoms with Gasteiger partial charge in [0.25, 0.3) is 0 Å². The number of nitrogens with zero attached hydrogens (tertiary/aromatic N) is 1. The van der Waals surface area contributed by atoms with Crippen LogP contribution < -0.4 is 0 Å². The third-order valence-electron chi connectivity index (χ3n) is 2.20. The summed E-state index contributed by atoms with van der Waals surface area (Å²) in [5.74, 6) is -1.59. The van der Waals surface area contributed by atoms with Crippen LogP contribution in [0.5, 0.6) is 0 Å². The number of halogens is 2. The van der Waals surface area contributed by atoms with Gasteiger partial charge in [0.1, 0.15) is 0 Å². The van der Waals surface area contributed by atoms with Gasteiger partial charge in [-0.3, -0.25) is 4.90 Å². The van der Waals surface area contributed by atoms with Gasteiger partial charge in [0.15, 0.2) is 11.6 Å². The normalized spacial score (nSPS) is 10.4. The van der Waals surface area contributed by atoms with Crippen LogP contribution in [0.15, 0.2) is 43.5 Å². The zero-order chi connectivity index (χ0) is 12.0. The Kier molecular flexibility index (Phi) is 4.86. The van der Waals surface area contributed by atoms with Gasteiger partial charge in [-0.25, -0.2) is 8.78 Å². The van der Waals surface area contributed by atoms with E-state index < -0.39 is 11.6 Å². The molecule has 0 spiro atoms. The molecule has 0 fully saturated rings. The van der Waals surface area contributed by atoms with Gasteiger partial charge in [-0.15, -0.1) is 13.2 Å². The molecule has 0 aliphatic heterocycles. The molecule has 16 heavy (non-hydrogen) atoms. The Labute approximate surface area is 94.7 Å². The Bertz CT molecular complexity index is 364. The average Bonchev–Trinajstić information content (AvgIpc) is 2.25. The van der Waals surface area contributed by atoms with Crippen LogP contribution in [-0.4, -0.2) is 18.0 Å². The van der Waals surface area contributed by atoms with Gasteiger partial charge >= 0.3 is 0 Å². The van der Waals surface area contributed by atoms with E-state index >= 15 is 0 Å². The monoisotopic (exact) mass is 223 g/mol. The van der Waals surface area contributed by atoms with Crippen LogP contribution in [-0.2, 0) is 6.54 Å². The van der Waals surface area contributed by atoms with Crippen molar-refractivity contribution in [3.05, 3.63) is 60.7 Å². The number of hydrogen-bond acceptors (Lipinski definition) is 1. The second kappa shape index (κ2) is 6.18. The highest BCUT2D eigenvalue weighted by atomic mass is 19.2. The maximum Gasteiger partial charge on any atom is 0.163 e. The van der Waals surface area contributed by atoms with Crippen molar-refractivity contribution in [2.24, 2.45) is 0 Å². The van der Waals surface area contributed by atoms with Gasteiger partial charge in [0.05, 0.1) is 0 Å². The second-order valence-corrected chi connectivity index (χ2v) is 3.48. The van der Waals surface area contributed by atoms with E-state index in [1.807, 2.05) is 4.90 Å². The molecule has 0 unspecified atom stereocenters. The molecule has 1 aromatic carbocycles. The lowest BCUT2D eigenvalue weighted by molar-refractivity contribution is 0.319. The van der Waals surface area contributed by atoms with Gasteiger partial charge in [-0.1, -0.05) is 24.3 Å². The van der Waals surface area contributed by atoms with Crippen molar-refractivity contribution in [3.63, 3.8) is 0 Å². The molecule has 3 heteroatoms. The van der Waals surface area contributed by atoms with Crippen molar-refractivity contribution >= 4 is 0 Å². The molecular formula is C13H15F2N. The smallest absolute Gasteiger partial charge is 0.163 e. The third-order valence-corrected chi connectivity index (χ3v) is 2.20. The molecule has 86 valence electrons. The quantitative estimate of drug-likeness (QED) is 0.670. The van der Waals surface area contributed by atoms with Crippen LogP contribution >= 0.6 is 0 Å². The van der Waals surface area contributed by atoms with Crippen molar-refractivity contribution in [1.82, 2.24) is 4.90 Å². The van der Waals surface area contributed by atoms with Gasteiger partial charge in [-0.2, -0.15) is 0 Å². The maximum atomic E-state index is 13.4. The molecule has 1 nitrogen and oxygen atoms in total. The largest absolute Gasteiger partial charge is 0.292 e. The van der Waals surface area contributed by atoms with E-state index in [-0.39, 0.29) is 0 Å². The highest BCUT2D eigenvalue weighted by Crippen LogP contribution is 2.13. The molecule has 0 atom stereocenters. The molecule has 0 bridgehead atoms. The molecule has 0 N–H and O–H groups in total. The van der Waals surface area contributed by atoms with E-state index in [0.29, 0.717) is 25.2 Å². The van der Waals surface area contributed by atoms with Crippen LogP contribution in [0.25, 0.3) is 0 Å². The van der Waals surface area contributed by atoms with Crippen LogP contribution in [0.2, 0.25) is 0 Å². The molecule has 0 radical (unpaired) electrons. The molecular weight excluding hydrogens is 208 g/mol. The highest BCUT2D eigenvalue weighted by molar-refractivity contribution is 5.19. The minimum atomic E-state index is -0.811. The number of rotatable bonds is 6. The van der Waals surface area contributed by atoms with Crippen LogP contribution in [0, 0.1) is 11.6 Å². The predicted octanol–water partition coefficient (Wildman–Crippen LogP) is 3.14. The van der Waals surface area contributed by atoms with E-state index in [0.717, 1.165) is 6.07 Å². The van der Waals surface area contributed by atoms with Crippen molar-refractivity contribution < 1.29 is 8.78 Å². The summed E-state index contributed by atoms with van der Waals surface area (Å²) in [5.41, 5.74) is 0.351. The Morgan fingerprint density at radius 2 is 1.75 bits per heavy atom. The summed E-state index contributed by atoms with van der Waals surface area (Å²) in [6, 6.07) is 4.20.